The predicted octanol–water partition coefficient (Wildman–Crippen LogP) is 3.94. The van der Waals surface area contributed by atoms with E-state index in [0.717, 1.165) is 15.4 Å². The van der Waals surface area contributed by atoms with E-state index in [1.165, 1.54) is 23.9 Å². The summed E-state index contributed by atoms with van der Waals surface area (Å²) in [7, 11) is -3.89. The number of aromatic nitrogens is 2. The number of amides is 1. The van der Waals surface area contributed by atoms with Gasteiger partial charge in [0.25, 0.3) is 21.5 Å². The van der Waals surface area contributed by atoms with Crippen LogP contribution >= 0.6 is 11.8 Å². The molecule has 0 atom stereocenters. The summed E-state index contributed by atoms with van der Waals surface area (Å²) in [4.78, 5) is 30.9. The van der Waals surface area contributed by atoms with Crippen LogP contribution in [0.4, 0.5) is 0 Å². The largest absolute Gasteiger partial charge is 0.269 e. The van der Waals surface area contributed by atoms with Gasteiger partial charge in [0, 0.05) is 12.3 Å². The van der Waals surface area contributed by atoms with Gasteiger partial charge in [0.15, 0.2) is 5.16 Å². The van der Waals surface area contributed by atoms with Crippen LogP contribution in [0.5, 0.6) is 0 Å². The summed E-state index contributed by atoms with van der Waals surface area (Å²) < 4.78 is 28.2. The molecular formula is C25H21N3O4S2. The minimum Gasteiger partial charge on any atom is -0.268 e. The van der Waals surface area contributed by atoms with Gasteiger partial charge in [0.05, 0.1) is 22.2 Å². The number of nitrogens with zero attached hydrogens (tertiary/aromatic N) is 3. The number of para-hydroxylation sites is 1. The van der Waals surface area contributed by atoms with Gasteiger partial charge in [0.1, 0.15) is 4.90 Å². The molecule has 1 amide bonds. The standard InChI is InChI=1S/C25H21N3O4S2/c1-16-11-12-21(17(2)15-16)28-24(30)18-7-3-5-9-20(18)26-25(28)33-14-13-27-23(29)19-8-4-6-10-22(19)34(27,31)32/h3-12,15H,13-14H2,1-2H3. The molecule has 0 bridgehead atoms. The molecule has 0 radical (unpaired) electrons. The minimum atomic E-state index is -3.89. The quantitative estimate of drug-likeness (QED) is 0.310. The van der Waals surface area contributed by atoms with E-state index in [2.05, 4.69) is 0 Å². The predicted molar refractivity (Wildman–Crippen MR) is 132 cm³/mol. The zero-order valence-corrected chi connectivity index (χ0v) is 20.2. The van der Waals surface area contributed by atoms with E-state index in [1.807, 2.05) is 38.1 Å². The van der Waals surface area contributed by atoms with Gasteiger partial charge >= 0.3 is 0 Å². The van der Waals surface area contributed by atoms with E-state index in [-0.39, 0.29) is 28.3 Å². The highest BCUT2D eigenvalue weighted by atomic mass is 32.2. The molecule has 2 heterocycles. The van der Waals surface area contributed by atoms with E-state index in [0.29, 0.717) is 21.7 Å². The van der Waals surface area contributed by atoms with Gasteiger partial charge in [-0.1, -0.05) is 53.7 Å². The highest BCUT2D eigenvalue weighted by Crippen LogP contribution is 2.31. The molecule has 0 aliphatic carbocycles. The maximum absolute atomic E-state index is 13.5. The van der Waals surface area contributed by atoms with Crippen molar-refractivity contribution in [2.75, 3.05) is 12.3 Å². The fraction of sp³-hybridized carbons (Fsp3) is 0.160. The summed E-state index contributed by atoms with van der Waals surface area (Å²) in [6.45, 7) is 3.89. The maximum atomic E-state index is 13.5. The number of sulfonamides is 1. The van der Waals surface area contributed by atoms with Crippen molar-refractivity contribution in [2.45, 2.75) is 23.9 Å². The topological polar surface area (TPSA) is 89.3 Å². The molecule has 0 fully saturated rings. The number of hydrogen-bond acceptors (Lipinski definition) is 6. The van der Waals surface area contributed by atoms with Crippen LogP contribution in [0.25, 0.3) is 16.6 Å². The lowest BCUT2D eigenvalue weighted by atomic mass is 10.1. The normalized spacial score (nSPS) is 14.5. The number of fused-ring (bicyclic) bond motifs is 2. The number of hydrogen-bond donors (Lipinski definition) is 0. The highest BCUT2D eigenvalue weighted by molar-refractivity contribution is 7.99. The average Bonchev–Trinajstić information content (AvgIpc) is 3.01. The van der Waals surface area contributed by atoms with E-state index < -0.39 is 15.9 Å². The Morgan fingerprint density at radius 2 is 1.68 bits per heavy atom. The van der Waals surface area contributed by atoms with E-state index >= 15 is 0 Å². The molecule has 9 heteroatoms. The highest BCUT2D eigenvalue weighted by Gasteiger charge is 2.40. The molecule has 0 spiro atoms. The SMILES string of the molecule is Cc1ccc(-n2c(SCCN3C(=O)c4ccccc4S3(=O)=O)nc3ccccc3c2=O)c(C)c1. The number of benzene rings is 3. The number of aryl methyl sites for hydroxylation is 2. The third-order valence-electron chi connectivity index (χ3n) is 5.78. The minimum absolute atomic E-state index is 0.0287. The third-order valence-corrected chi connectivity index (χ3v) is 8.53. The van der Waals surface area contributed by atoms with Crippen molar-refractivity contribution in [1.82, 2.24) is 13.9 Å². The first-order valence-corrected chi connectivity index (χ1v) is 13.1. The molecule has 1 aromatic heterocycles. The average molecular weight is 492 g/mol. The van der Waals surface area contributed by atoms with Gasteiger partial charge in [-0.25, -0.2) is 17.7 Å². The number of carbonyl (C=O) groups is 1. The van der Waals surface area contributed by atoms with Crippen molar-refractivity contribution in [3.8, 4) is 5.69 Å². The van der Waals surface area contributed by atoms with Crippen molar-refractivity contribution in [3.05, 3.63) is 93.8 Å². The molecule has 0 N–H and O–H groups in total. The van der Waals surface area contributed by atoms with Gasteiger partial charge in [0.2, 0.25) is 0 Å². The van der Waals surface area contributed by atoms with E-state index in [9.17, 15) is 18.0 Å². The van der Waals surface area contributed by atoms with Crippen molar-refractivity contribution in [1.29, 1.82) is 0 Å². The number of rotatable bonds is 5. The molecular weight excluding hydrogens is 470 g/mol. The second kappa shape index (κ2) is 8.41. The number of thioether (sulfide) groups is 1. The van der Waals surface area contributed by atoms with Crippen molar-refractivity contribution in [3.63, 3.8) is 0 Å². The van der Waals surface area contributed by atoms with Crippen molar-refractivity contribution < 1.29 is 13.2 Å². The molecule has 0 saturated heterocycles. The van der Waals surface area contributed by atoms with Crippen LogP contribution < -0.4 is 5.56 Å². The van der Waals surface area contributed by atoms with E-state index in [1.54, 1.807) is 34.9 Å². The summed E-state index contributed by atoms with van der Waals surface area (Å²) in [5.74, 6) is -0.288. The zero-order chi connectivity index (χ0) is 24.0. The summed E-state index contributed by atoms with van der Waals surface area (Å²) in [5, 5.41) is 0.941. The first-order valence-electron chi connectivity index (χ1n) is 10.7. The molecule has 3 aromatic carbocycles. The third kappa shape index (κ3) is 3.61. The van der Waals surface area contributed by atoms with Crippen molar-refractivity contribution >= 4 is 38.6 Å². The lowest BCUT2D eigenvalue weighted by Crippen LogP contribution is -2.32. The molecule has 1 aliphatic rings. The second-order valence-corrected chi connectivity index (χ2v) is 11.0. The second-order valence-electron chi connectivity index (χ2n) is 8.07. The first kappa shape index (κ1) is 22.4. The van der Waals surface area contributed by atoms with E-state index in [4.69, 9.17) is 4.98 Å². The Hall–Kier alpha value is -3.43. The molecule has 5 rings (SSSR count). The Bertz CT molecular complexity index is 1630. The molecule has 0 unspecified atom stereocenters. The number of carbonyl (C=O) groups excluding carboxylic acids is 1. The van der Waals surface area contributed by atoms with Gasteiger partial charge < -0.3 is 0 Å². The molecule has 7 nitrogen and oxygen atoms in total. The van der Waals surface area contributed by atoms with Crippen molar-refractivity contribution in [2.24, 2.45) is 0 Å². The fourth-order valence-corrected chi connectivity index (χ4v) is 6.76. The molecule has 1 aliphatic heterocycles. The van der Waals surface area contributed by atoms with Gasteiger partial charge in [-0.3, -0.25) is 14.2 Å². The van der Waals surface area contributed by atoms with Crippen LogP contribution in [-0.2, 0) is 10.0 Å². The monoisotopic (exact) mass is 491 g/mol. The van der Waals surface area contributed by atoms with Crippen LogP contribution in [0.2, 0.25) is 0 Å². The molecule has 0 saturated carbocycles. The van der Waals surface area contributed by atoms with Gasteiger partial charge in [-0.15, -0.1) is 0 Å². The van der Waals surface area contributed by atoms with Crippen LogP contribution in [0.15, 0.2) is 81.6 Å². The zero-order valence-electron chi connectivity index (χ0n) is 18.6. The van der Waals surface area contributed by atoms with Gasteiger partial charge in [-0.05, 0) is 49.7 Å². The molecule has 172 valence electrons. The fourth-order valence-electron chi connectivity index (χ4n) is 4.15. The van der Waals surface area contributed by atoms with Crippen LogP contribution in [0, 0.1) is 13.8 Å². The van der Waals surface area contributed by atoms with Crippen LogP contribution in [-0.4, -0.2) is 40.5 Å². The summed E-state index contributed by atoms with van der Waals surface area (Å²) in [5.41, 5.74) is 3.27. The Labute approximate surface area is 201 Å². The van der Waals surface area contributed by atoms with Crippen LogP contribution in [0.3, 0.4) is 0 Å². The molecule has 4 aromatic rings. The first-order chi connectivity index (χ1) is 16.3. The Morgan fingerprint density at radius 3 is 2.44 bits per heavy atom. The Kier molecular flexibility index (Phi) is 5.53. The summed E-state index contributed by atoms with van der Waals surface area (Å²) >= 11 is 1.25. The Morgan fingerprint density at radius 1 is 0.941 bits per heavy atom. The summed E-state index contributed by atoms with van der Waals surface area (Å²) in [6.07, 6.45) is 0. The maximum Gasteiger partial charge on any atom is 0.269 e. The lowest BCUT2D eigenvalue weighted by molar-refractivity contribution is 0.0876. The summed E-state index contributed by atoms with van der Waals surface area (Å²) in [6, 6.07) is 19.2. The Balaban J connectivity index is 1.51. The molecule has 34 heavy (non-hydrogen) atoms. The van der Waals surface area contributed by atoms with Crippen LogP contribution in [0.1, 0.15) is 21.5 Å². The van der Waals surface area contributed by atoms with Gasteiger partial charge in [-0.2, -0.15) is 0 Å². The lowest BCUT2D eigenvalue weighted by Gasteiger charge is -2.17. The smallest absolute Gasteiger partial charge is 0.268 e.